The highest BCUT2D eigenvalue weighted by Crippen LogP contribution is 2.08. The van der Waals surface area contributed by atoms with Gasteiger partial charge in [0.05, 0.1) is 11.1 Å². The molecule has 0 bridgehead atoms. The predicted molar refractivity (Wildman–Crippen MR) is 89.9 cm³/mol. The number of ketones is 1. The van der Waals surface area contributed by atoms with E-state index >= 15 is 0 Å². The monoisotopic (exact) mass is 322 g/mol. The van der Waals surface area contributed by atoms with Gasteiger partial charge in [-0.05, 0) is 47.5 Å². The minimum absolute atomic E-state index is 0.184. The van der Waals surface area contributed by atoms with Gasteiger partial charge in [0.1, 0.15) is 0 Å². The van der Waals surface area contributed by atoms with Crippen molar-refractivity contribution < 1.29 is 24.6 Å². The normalized spacial score (nSPS) is 11.0. The Balaban J connectivity index is 1.98. The Kier molecular flexibility index (Phi) is 5.41. The van der Waals surface area contributed by atoms with Crippen LogP contribution in [0.3, 0.4) is 0 Å². The zero-order valence-corrected chi connectivity index (χ0v) is 12.5. The summed E-state index contributed by atoms with van der Waals surface area (Å²) in [6.07, 6.45) is 5.92. The van der Waals surface area contributed by atoms with Crippen LogP contribution in [0, 0.1) is 0 Å². The van der Waals surface area contributed by atoms with E-state index in [9.17, 15) is 14.4 Å². The van der Waals surface area contributed by atoms with Crippen LogP contribution in [0.15, 0.2) is 60.7 Å². The van der Waals surface area contributed by atoms with Gasteiger partial charge in [0.25, 0.3) is 0 Å². The SMILES string of the molecule is O=C(/C=C/c1ccc(C(=O)O)cc1)/C=C/c1ccc(C(=O)O)cc1. The molecule has 0 saturated carbocycles. The first-order chi connectivity index (χ1) is 11.5. The number of aromatic carboxylic acids is 2. The number of carbonyl (C=O) groups is 3. The number of carboxylic acid groups (broad SMARTS) is 2. The largest absolute Gasteiger partial charge is 0.478 e. The molecule has 2 aromatic carbocycles. The van der Waals surface area contributed by atoms with Gasteiger partial charge in [0.2, 0.25) is 0 Å². The van der Waals surface area contributed by atoms with Crippen LogP contribution in [0.2, 0.25) is 0 Å². The molecule has 2 aromatic rings. The molecule has 0 amide bonds. The van der Waals surface area contributed by atoms with Crippen molar-refractivity contribution in [3.63, 3.8) is 0 Å². The van der Waals surface area contributed by atoms with Crippen molar-refractivity contribution in [3.8, 4) is 0 Å². The van der Waals surface area contributed by atoms with Crippen LogP contribution < -0.4 is 0 Å². The van der Waals surface area contributed by atoms with E-state index in [0.717, 1.165) is 0 Å². The van der Waals surface area contributed by atoms with E-state index in [0.29, 0.717) is 11.1 Å². The number of carboxylic acids is 2. The molecule has 0 spiro atoms. The Labute approximate surface area is 138 Å². The minimum Gasteiger partial charge on any atom is -0.478 e. The van der Waals surface area contributed by atoms with E-state index in [-0.39, 0.29) is 16.9 Å². The van der Waals surface area contributed by atoms with Crippen molar-refractivity contribution in [1.29, 1.82) is 0 Å². The quantitative estimate of drug-likeness (QED) is 0.796. The van der Waals surface area contributed by atoms with Crippen LogP contribution in [0.5, 0.6) is 0 Å². The standard InChI is InChI=1S/C19H14O5/c20-17(11-5-13-1-7-15(8-2-13)18(21)22)12-6-14-3-9-16(10-4-14)19(23)24/h1-12H,(H,21,22)(H,23,24)/b11-5+,12-6+. The fraction of sp³-hybridized carbons (Fsp3) is 0. The highest BCUT2D eigenvalue weighted by Gasteiger charge is 2.01. The third kappa shape index (κ3) is 4.78. The second-order valence-electron chi connectivity index (χ2n) is 4.92. The number of hydrogen-bond donors (Lipinski definition) is 2. The molecule has 2 rings (SSSR count). The molecule has 0 fully saturated rings. The predicted octanol–water partition coefficient (Wildman–Crippen LogP) is 3.38. The van der Waals surface area contributed by atoms with Gasteiger partial charge in [-0.3, -0.25) is 4.79 Å². The Morgan fingerprint density at radius 3 is 1.25 bits per heavy atom. The number of carbonyl (C=O) groups excluding carboxylic acids is 1. The average molecular weight is 322 g/mol. The molecule has 0 radical (unpaired) electrons. The van der Waals surface area contributed by atoms with Crippen LogP contribution in [0.25, 0.3) is 12.2 Å². The summed E-state index contributed by atoms with van der Waals surface area (Å²) in [5.41, 5.74) is 1.80. The molecule has 0 unspecified atom stereocenters. The van der Waals surface area contributed by atoms with E-state index in [1.165, 1.54) is 36.4 Å². The summed E-state index contributed by atoms with van der Waals surface area (Å²) in [5.74, 6) is -2.24. The maximum absolute atomic E-state index is 11.8. The summed E-state index contributed by atoms with van der Waals surface area (Å²) in [5, 5.41) is 17.6. The molecule has 120 valence electrons. The Hall–Kier alpha value is -3.47. The van der Waals surface area contributed by atoms with Gasteiger partial charge in [0.15, 0.2) is 5.78 Å². The van der Waals surface area contributed by atoms with Crippen molar-refractivity contribution in [3.05, 3.63) is 82.9 Å². The number of rotatable bonds is 6. The van der Waals surface area contributed by atoms with Crippen LogP contribution in [-0.2, 0) is 4.79 Å². The van der Waals surface area contributed by atoms with Crippen LogP contribution in [0.1, 0.15) is 31.8 Å². The molecule has 24 heavy (non-hydrogen) atoms. The van der Waals surface area contributed by atoms with Gasteiger partial charge in [0, 0.05) is 0 Å². The number of hydrogen-bond acceptors (Lipinski definition) is 3. The third-order valence-electron chi connectivity index (χ3n) is 3.20. The number of benzene rings is 2. The molecule has 0 aliphatic carbocycles. The minimum atomic E-state index is -1.00. The molecule has 0 saturated heterocycles. The summed E-state index contributed by atoms with van der Waals surface area (Å²) in [7, 11) is 0. The molecule has 0 aliphatic rings. The lowest BCUT2D eigenvalue weighted by Crippen LogP contribution is -1.95. The fourth-order valence-corrected chi connectivity index (χ4v) is 1.89. The highest BCUT2D eigenvalue weighted by molar-refractivity contribution is 6.04. The van der Waals surface area contributed by atoms with Gasteiger partial charge in [-0.15, -0.1) is 0 Å². The molecule has 0 heterocycles. The van der Waals surface area contributed by atoms with E-state index in [1.54, 1.807) is 36.4 Å². The van der Waals surface area contributed by atoms with Crippen molar-refractivity contribution in [2.24, 2.45) is 0 Å². The van der Waals surface area contributed by atoms with Crippen molar-refractivity contribution in [1.82, 2.24) is 0 Å². The molecule has 0 aliphatic heterocycles. The highest BCUT2D eigenvalue weighted by atomic mass is 16.4. The Morgan fingerprint density at radius 2 is 0.958 bits per heavy atom. The first kappa shape index (κ1) is 16.9. The van der Waals surface area contributed by atoms with Gasteiger partial charge in [-0.2, -0.15) is 0 Å². The summed E-state index contributed by atoms with van der Waals surface area (Å²) >= 11 is 0. The first-order valence-electron chi connectivity index (χ1n) is 7.02. The summed E-state index contributed by atoms with van der Waals surface area (Å²) < 4.78 is 0. The van der Waals surface area contributed by atoms with Gasteiger partial charge in [-0.25, -0.2) is 9.59 Å². The van der Waals surface area contributed by atoms with Gasteiger partial charge >= 0.3 is 11.9 Å². The molecule has 2 N–H and O–H groups in total. The lowest BCUT2D eigenvalue weighted by molar-refractivity contribution is -0.110. The zero-order chi connectivity index (χ0) is 17.5. The smallest absolute Gasteiger partial charge is 0.335 e. The molecule has 5 heteroatoms. The van der Waals surface area contributed by atoms with Crippen molar-refractivity contribution >= 4 is 29.9 Å². The van der Waals surface area contributed by atoms with E-state index in [2.05, 4.69) is 0 Å². The van der Waals surface area contributed by atoms with Crippen molar-refractivity contribution in [2.75, 3.05) is 0 Å². The molecule has 5 nitrogen and oxygen atoms in total. The number of allylic oxidation sites excluding steroid dienone is 2. The van der Waals surface area contributed by atoms with E-state index < -0.39 is 11.9 Å². The second-order valence-corrected chi connectivity index (χ2v) is 4.92. The van der Waals surface area contributed by atoms with E-state index in [1.807, 2.05) is 0 Å². The van der Waals surface area contributed by atoms with Crippen LogP contribution in [-0.4, -0.2) is 27.9 Å². The van der Waals surface area contributed by atoms with Crippen LogP contribution in [0.4, 0.5) is 0 Å². The average Bonchev–Trinajstić information content (AvgIpc) is 2.58. The first-order valence-corrected chi connectivity index (χ1v) is 7.02. The molecule has 0 atom stereocenters. The lowest BCUT2D eigenvalue weighted by Gasteiger charge is -1.96. The lowest BCUT2D eigenvalue weighted by atomic mass is 10.1. The topological polar surface area (TPSA) is 91.7 Å². The Morgan fingerprint density at radius 1 is 0.625 bits per heavy atom. The van der Waals surface area contributed by atoms with Gasteiger partial charge < -0.3 is 10.2 Å². The second kappa shape index (κ2) is 7.69. The maximum Gasteiger partial charge on any atom is 0.335 e. The molecule has 0 aromatic heterocycles. The summed E-state index contributed by atoms with van der Waals surface area (Å²) in [6, 6.07) is 12.3. The maximum atomic E-state index is 11.8. The molecular weight excluding hydrogens is 308 g/mol. The summed E-state index contributed by atoms with van der Waals surface area (Å²) in [6.45, 7) is 0. The van der Waals surface area contributed by atoms with Crippen molar-refractivity contribution in [2.45, 2.75) is 0 Å². The van der Waals surface area contributed by atoms with Gasteiger partial charge in [-0.1, -0.05) is 36.4 Å². The third-order valence-corrected chi connectivity index (χ3v) is 3.20. The fourth-order valence-electron chi connectivity index (χ4n) is 1.89. The zero-order valence-electron chi connectivity index (χ0n) is 12.5. The van der Waals surface area contributed by atoms with Crippen LogP contribution >= 0.6 is 0 Å². The molecular formula is C19H14O5. The summed E-state index contributed by atoms with van der Waals surface area (Å²) in [4.78, 5) is 33.3. The Bertz CT molecular complexity index is 742. The van der Waals surface area contributed by atoms with E-state index in [4.69, 9.17) is 10.2 Å².